The number of carbonyl (C=O) groups excluding carboxylic acids is 1. The lowest BCUT2D eigenvalue weighted by atomic mass is 10.1. The smallest absolute Gasteiger partial charge is 0.269 e. The summed E-state index contributed by atoms with van der Waals surface area (Å²) in [5.74, 6) is -0.351. The zero-order valence-electron chi connectivity index (χ0n) is 11.5. The quantitative estimate of drug-likeness (QED) is 0.754. The average Bonchev–Trinajstić information content (AvgIpc) is 2.95. The van der Waals surface area contributed by atoms with Crippen LogP contribution in [0.3, 0.4) is 0 Å². The summed E-state index contributed by atoms with van der Waals surface area (Å²) in [6.07, 6.45) is -0.745. The molecule has 2 aromatic rings. The van der Waals surface area contributed by atoms with Crippen LogP contribution in [-0.2, 0) is 4.74 Å². The fourth-order valence-corrected chi connectivity index (χ4v) is 2.03. The number of amides is 1. The van der Waals surface area contributed by atoms with Crippen LogP contribution in [0.4, 0.5) is 0 Å². The van der Waals surface area contributed by atoms with E-state index in [-0.39, 0.29) is 19.1 Å². The lowest BCUT2D eigenvalue weighted by molar-refractivity contribution is 0.0608. The van der Waals surface area contributed by atoms with Gasteiger partial charge in [-0.3, -0.25) is 9.89 Å². The molecule has 0 radical (unpaired) electrons. The van der Waals surface area contributed by atoms with E-state index in [1.165, 1.54) is 7.11 Å². The predicted octanol–water partition coefficient (Wildman–Crippen LogP) is 1.47. The molecule has 21 heavy (non-hydrogen) atoms. The Bertz CT molecular complexity index is 615. The van der Waals surface area contributed by atoms with Gasteiger partial charge in [-0.2, -0.15) is 5.10 Å². The second-order valence-electron chi connectivity index (χ2n) is 4.47. The van der Waals surface area contributed by atoms with E-state index in [0.29, 0.717) is 16.4 Å². The number of H-pyrrole nitrogens is 1. The van der Waals surface area contributed by atoms with Crippen LogP contribution < -0.4 is 5.32 Å². The molecule has 3 N–H and O–H groups in total. The SMILES string of the molecule is COCC(O)CNC(=O)c1cc(-c2ccccc2Cl)n[nH]1. The molecule has 1 amide bonds. The number of aromatic amines is 1. The molecule has 2 rings (SSSR count). The highest BCUT2D eigenvalue weighted by molar-refractivity contribution is 6.33. The summed E-state index contributed by atoms with van der Waals surface area (Å²) < 4.78 is 4.78. The number of carbonyl (C=O) groups is 1. The van der Waals surface area contributed by atoms with E-state index in [1.807, 2.05) is 18.2 Å². The van der Waals surface area contributed by atoms with Gasteiger partial charge in [-0.15, -0.1) is 0 Å². The first kappa shape index (κ1) is 15.5. The van der Waals surface area contributed by atoms with E-state index in [0.717, 1.165) is 5.56 Å². The number of nitrogens with zero attached hydrogens (tertiary/aromatic N) is 1. The third-order valence-electron chi connectivity index (χ3n) is 2.83. The highest BCUT2D eigenvalue weighted by atomic mass is 35.5. The number of hydrogen-bond acceptors (Lipinski definition) is 4. The van der Waals surface area contributed by atoms with Crippen molar-refractivity contribution in [2.75, 3.05) is 20.3 Å². The zero-order chi connectivity index (χ0) is 15.2. The number of aromatic nitrogens is 2. The third kappa shape index (κ3) is 4.04. The number of rotatable bonds is 6. The Morgan fingerprint density at radius 2 is 2.29 bits per heavy atom. The van der Waals surface area contributed by atoms with Crippen LogP contribution in [-0.4, -0.2) is 47.6 Å². The molecule has 0 spiro atoms. The van der Waals surface area contributed by atoms with E-state index < -0.39 is 6.10 Å². The summed E-state index contributed by atoms with van der Waals surface area (Å²) in [6, 6.07) is 8.86. The molecular weight excluding hydrogens is 294 g/mol. The predicted molar refractivity (Wildman–Crippen MR) is 79.2 cm³/mol. The Morgan fingerprint density at radius 3 is 3.00 bits per heavy atom. The summed E-state index contributed by atoms with van der Waals surface area (Å²) in [5, 5.41) is 19.4. The van der Waals surface area contributed by atoms with Gasteiger partial charge in [-0.1, -0.05) is 29.8 Å². The highest BCUT2D eigenvalue weighted by Crippen LogP contribution is 2.26. The number of ether oxygens (including phenoxy) is 1. The lowest BCUT2D eigenvalue weighted by Gasteiger charge is -2.09. The van der Waals surface area contributed by atoms with Crippen LogP contribution in [0.2, 0.25) is 5.02 Å². The number of aliphatic hydroxyl groups is 1. The molecule has 1 heterocycles. The number of hydrogen-bond donors (Lipinski definition) is 3. The van der Waals surface area contributed by atoms with Crippen LogP contribution in [0.1, 0.15) is 10.5 Å². The molecule has 7 heteroatoms. The molecule has 0 aliphatic rings. The molecule has 6 nitrogen and oxygen atoms in total. The number of benzene rings is 1. The van der Waals surface area contributed by atoms with Crippen molar-refractivity contribution in [3.8, 4) is 11.3 Å². The molecule has 0 bridgehead atoms. The standard InChI is InChI=1S/C14H16ClN3O3/c1-21-8-9(19)7-16-14(20)13-6-12(17-18-13)10-4-2-3-5-11(10)15/h2-6,9,19H,7-8H2,1H3,(H,16,20)(H,17,18). The molecule has 0 saturated heterocycles. The maximum Gasteiger partial charge on any atom is 0.269 e. The summed E-state index contributed by atoms with van der Waals surface area (Å²) in [6.45, 7) is 0.265. The third-order valence-corrected chi connectivity index (χ3v) is 3.16. The lowest BCUT2D eigenvalue weighted by Crippen LogP contribution is -2.34. The monoisotopic (exact) mass is 309 g/mol. The topological polar surface area (TPSA) is 87.2 Å². The average molecular weight is 310 g/mol. The van der Waals surface area contributed by atoms with E-state index in [9.17, 15) is 9.90 Å². The van der Waals surface area contributed by atoms with Crippen molar-refractivity contribution in [2.45, 2.75) is 6.10 Å². The van der Waals surface area contributed by atoms with Gasteiger partial charge in [-0.05, 0) is 12.1 Å². The van der Waals surface area contributed by atoms with Crippen LogP contribution in [0.25, 0.3) is 11.3 Å². The number of methoxy groups -OCH3 is 1. The van der Waals surface area contributed by atoms with Crippen molar-refractivity contribution in [1.29, 1.82) is 0 Å². The fourth-order valence-electron chi connectivity index (χ4n) is 1.80. The molecule has 0 fully saturated rings. The fraction of sp³-hybridized carbons (Fsp3) is 0.286. The van der Waals surface area contributed by atoms with Crippen molar-refractivity contribution in [1.82, 2.24) is 15.5 Å². The first-order valence-electron chi connectivity index (χ1n) is 6.37. The van der Waals surface area contributed by atoms with Crippen LogP contribution in [0.15, 0.2) is 30.3 Å². The minimum Gasteiger partial charge on any atom is -0.389 e. The van der Waals surface area contributed by atoms with Gasteiger partial charge in [0, 0.05) is 19.2 Å². The Kier molecular flexibility index (Phi) is 5.32. The van der Waals surface area contributed by atoms with Crippen molar-refractivity contribution < 1.29 is 14.6 Å². The van der Waals surface area contributed by atoms with Crippen molar-refractivity contribution in [3.63, 3.8) is 0 Å². The van der Waals surface area contributed by atoms with Crippen LogP contribution in [0, 0.1) is 0 Å². The van der Waals surface area contributed by atoms with E-state index in [4.69, 9.17) is 16.3 Å². The van der Waals surface area contributed by atoms with Crippen molar-refractivity contribution in [3.05, 3.63) is 41.0 Å². The van der Waals surface area contributed by atoms with E-state index in [2.05, 4.69) is 15.5 Å². The summed E-state index contributed by atoms with van der Waals surface area (Å²) >= 11 is 6.08. The van der Waals surface area contributed by atoms with E-state index in [1.54, 1.807) is 12.1 Å². The molecule has 0 aliphatic carbocycles. The molecule has 0 aliphatic heterocycles. The summed E-state index contributed by atoms with van der Waals surface area (Å²) in [5.41, 5.74) is 1.63. The molecule has 112 valence electrons. The van der Waals surface area contributed by atoms with Gasteiger partial charge in [0.1, 0.15) is 5.69 Å². The van der Waals surface area contributed by atoms with Gasteiger partial charge in [0.25, 0.3) is 5.91 Å². The van der Waals surface area contributed by atoms with Gasteiger partial charge < -0.3 is 15.2 Å². The first-order chi connectivity index (χ1) is 10.1. The summed E-state index contributed by atoms with van der Waals surface area (Å²) in [7, 11) is 1.48. The molecule has 1 aromatic carbocycles. The van der Waals surface area contributed by atoms with E-state index >= 15 is 0 Å². The van der Waals surface area contributed by atoms with Gasteiger partial charge in [0.2, 0.25) is 0 Å². The second-order valence-corrected chi connectivity index (χ2v) is 4.87. The Morgan fingerprint density at radius 1 is 1.52 bits per heavy atom. The Hall–Kier alpha value is -1.89. The maximum atomic E-state index is 11.9. The minimum absolute atomic E-state index is 0.104. The van der Waals surface area contributed by atoms with Gasteiger partial charge in [0.05, 0.1) is 23.4 Å². The Labute approximate surface area is 127 Å². The van der Waals surface area contributed by atoms with Gasteiger partial charge in [0.15, 0.2) is 0 Å². The van der Waals surface area contributed by atoms with Gasteiger partial charge in [-0.25, -0.2) is 0 Å². The largest absolute Gasteiger partial charge is 0.389 e. The minimum atomic E-state index is -0.745. The normalized spacial score (nSPS) is 12.1. The Balaban J connectivity index is 2.03. The van der Waals surface area contributed by atoms with Crippen molar-refractivity contribution in [2.24, 2.45) is 0 Å². The zero-order valence-corrected chi connectivity index (χ0v) is 12.2. The summed E-state index contributed by atoms with van der Waals surface area (Å²) in [4.78, 5) is 11.9. The molecule has 1 unspecified atom stereocenters. The highest BCUT2D eigenvalue weighted by Gasteiger charge is 2.13. The molecule has 0 saturated carbocycles. The van der Waals surface area contributed by atoms with Crippen LogP contribution >= 0.6 is 11.6 Å². The number of nitrogens with one attached hydrogen (secondary N) is 2. The molecule has 1 aromatic heterocycles. The van der Waals surface area contributed by atoms with Gasteiger partial charge >= 0.3 is 0 Å². The van der Waals surface area contributed by atoms with Crippen molar-refractivity contribution >= 4 is 17.5 Å². The second kappa shape index (κ2) is 7.21. The maximum absolute atomic E-state index is 11.9. The molecule has 1 atom stereocenters. The number of aliphatic hydroxyl groups excluding tert-OH is 1. The van der Waals surface area contributed by atoms with Crippen LogP contribution in [0.5, 0.6) is 0 Å². The number of halogens is 1. The first-order valence-corrected chi connectivity index (χ1v) is 6.75. The molecular formula is C14H16ClN3O3.